The Labute approximate surface area is 131 Å². The summed E-state index contributed by atoms with van der Waals surface area (Å²) in [7, 11) is 0. The fourth-order valence-corrected chi connectivity index (χ4v) is 2.27. The first kappa shape index (κ1) is 13.9. The van der Waals surface area contributed by atoms with E-state index in [-0.39, 0.29) is 0 Å². The van der Waals surface area contributed by atoms with Crippen LogP contribution in [0.1, 0.15) is 5.89 Å². The van der Waals surface area contributed by atoms with Gasteiger partial charge in [-0.3, -0.25) is 0 Å². The third-order valence-corrected chi connectivity index (χ3v) is 3.42. The molecule has 4 nitrogen and oxygen atoms in total. The SMILES string of the molecule is Clc1cccc(NCc2nc(-c3ccccc3Cl)no2)c1. The van der Waals surface area contributed by atoms with Crippen LogP contribution < -0.4 is 5.32 Å². The van der Waals surface area contributed by atoms with Crippen molar-refractivity contribution in [1.29, 1.82) is 0 Å². The van der Waals surface area contributed by atoms with E-state index in [4.69, 9.17) is 27.7 Å². The van der Waals surface area contributed by atoms with Crippen molar-refractivity contribution >= 4 is 28.9 Å². The van der Waals surface area contributed by atoms with Crippen LogP contribution in [0.4, 0.5) is 5.69 Å². The molecule has 6 heteroatoms. The van der Waals surface area contributed by atoms with Gasteiger partial charge in [-0.2, -0.15) is 4.98 Å². The van der Waals surface area contributed by atoms with Crippen LogP contribution in [0, 0.1) is 0 Å². The highest BCUT2D eigenvalue weighted by atomic mass is 35.5. The Morgan fingerprint density at radius 2 is 1.90 bits per heavy atom. The minimum Gasteiger partial charge on any atom is -0.376 e. The highest BCUT2D eigenvalue weighted by molar-refractivity contribution is 6.33. The fourth-order valence-electron chi connectivity index (χ4n) is 1.85. The van der Waals surface area contributed by atoms with Gasteiger partial charge in [0.05, 0.1) is 11.6 Å². The molecule has 0 aliphatic heterocycles. The third-order valence-electron chi connectivity index (χ3n) is 2.85. The van der Waals surface area contributed by atoms with Crippen LogP contribution >= 0.6 is 23.2 Å². The number of hydrogen-bond donors (Lipinski definition) is 1. The quantitative estimate of drug-likeness (QED) is 0.760. The molecule has 3 aromatic rings. The van der Waals surface area contributed by atoms with E-state index in [1.54, 1.807) is 6.07 Å². The molecule has 0 aliphatic rings. The maximum Gasteiger partial charge on any atom is 0.246 e. The lowest BCUT2D eigenvalue weighted by Crippen LogP contribution is -1.99. The average molecular weight is 320 g/mol. The fraction of sp³-hybridized carbons (Fsp3) is 0.0667. The molecule has 0 unspecified atom stereocenters. The predicted octanol–water partition coefficient (Wildman–Crippen LogP) is 4.66. The summed E-state index contributed by atoms with van der Waals surface area (Å²) in [6.45, 7) is 0.414. The summed E-state index contributed by atoms with van der Waals surface area (Å²) in [6, 6.07) is 14.8. The Morgan fingerprint density at radius 1 is 1.05 bits per heavy atom. The summed E-state index contributed by atoms with van der Waals surface area (Å²) in [4.78, 5) is 4.32. The van der Waals surface area contributed by atoms with Crippen LogP contribution in [0.3, 0.4) is 0 Å². The predicted molar refractivity (Wildman–Crippen MR) is 83.5 cm³/mol. The van der Waals surface area contributed by atoms with Gasteiger partial charge >= 0.3 is 0 Å². The Kier molecular flexibility index (Phi) is 4.08. The molecule has 3 rings (SSSR count). The van der Waals surface area contributed by atoms with E-state index in [1.165, 1.54) is 0 Å². The highest BCUT2D eigenvalue weighted by Gasteiger charge is 2.11. The van der Waals surface area contributed by atoms with Crippen molar-refractivity contribution in [3.8, 4) is 11.4 Å². The molecule has 0 fully saturated rings. The van der Waals surface area contributed by atoms with Crippen LogP contribution in [0.2, 0.25) is 10.0 Å². The molecule has 106 valence electrons. The molecule has 0 bridgehead atoms. The molecular weight excluding hydrogens is 309 g/mol. The zero-order valence-electron chi connectivity index (χ0n) is 10.9. The Hall–Kier alpha value is -2.04. The first-order valence-electron chi connectivity index (χ1n) is 6.29. The minimum absolute atomic E-state index is 0.414. The zero-order valence-corrected chi connectivity index (χ0v) is 12.4. The molecule has 0 amide bonds. The molecule has 0 spiro atoms. The topological polar surface area (TPSA) is 51.0 Å². The van der Waals surface area contributed by atoms with Crippen molar-refractivity contribution in [2.24, 2.45) is 0 Å². The van der Waals surface area contributed by atoms with Gasteiger partial charge < -0.3 is 9.84 Å². The molecule has 0 saturated heterocycles. The highest BCUT2D eigenvalue weighted by Crippen LogP contribution is 2.25. The summed E-state index contributed by atoms with van der Waals surface area (Å²) in [5.74, 6) is 0.952. The normalized spacial score (nSPS) is 10.6. The number of anilines is 1. The number of hydrogen-bond acceptors (Lipinski definition) is 4. The van der Waals surface area contributed by atoms with Crippen molar-refractivity contribution < 1.29 is 4.52 Å². The van der Waals surface area contributed by atoms with Gasteiger partial charge in [-0.15, -0.1) is 0 Å². The standard InChI is InChI=1S/C15H11Cl2N3O/c16-10-4-3-5-11(8-10)18-9-14-19-15(20-21-14)12-6-1-2-7-13(12)17/h1-8,18H,9H2. The number of aromatic nitrogens is 2. The summed E-state index contributed by atoms with van der Waals surface area (Å²) in [5.41, 5.74) is 1.64. The molecule has 21 heavy (non-hydrogen) atoms. The summed E-state index contributed by atoms with van der Waals surface area (Å²) in [6.07, 6.45) is 0. The monoisotopic (exact) mass is 319 g/mol. The number of rotatable bonds is 4. The first-order valence-corrected chi connectivity index (χ1v) is 7.05. The number of nitrogens with zero attached hydrogens (tertiary/aromatic N) is 2. The minimum atomic E-state index is 0.414. The van der Waals surface area contributed by atoms with Crippen molar-refractivity contribution in [2.45, 2.75) is 6.54 Å². The van der Waals surface area contributed by atoms with E-state index < -0.39 is 0 Å². The van der Waals surface area contributed by atoms with Crippen LogP contribution in [0.5, 0.6) is 0 Å². The van der Waals surface area contributed by atoms with E-state index in [2.05, 4.69) is 15.5 Å². The van der Waals surface area contributed by atoms with E-state index >= 15 is 0 Å². The average Bonchev–Trinajstić information content (AvgIpc) is 2.94. The van der Waals surface area contributed by atoms with Gasteiger partial charge in [-0.1, -0.05) is 46.6 Å². The lowest BCUT2D eigenvalue weighted by atomic mass is 10.2. The number of benzene rings is 2. The van der Waals surface area contributed by atoms with Crippen molar-refractivity contribution in [3.63, 3.8) is 0 Å². The van der Waals surface area contributed by atoms with E-state index in [9.17, 15) is 0 Å². The van der Waals surface area contributed by atoms with Gasteiger partial charge in [0.1, 0.15) is 0 Å². The molecule has 2 aromatic carbocycles. The van der Waals surface area contributed by atoms with Gasteiger partial charge in [0.15, 0.2) is 0 Å². The maximum absolute atomic E-state index is 6.11. The molecule has 0 aliphatic carbocycles. The zero-order chi connectivity index (χ0) is 14.7. The van der Waals surface area contributed by atoms with Crippen LogP contribution in [-0.2, 0) is 6.54 Å². The number of halogens is 2. The maximum atomic E-state index is 6.11. The van der Waals surface area contributed by atoms with Gasteiger partial charge in [-0.25, -0.2) is 0 Å². The van der Waals surface area contributed by atoms with E-state index in [0.717, 1.165) is 11.3 Å². The summed E-state index contributed by atoms with van der Waals surface area (Å²) < 4.78 is 5.21. The molecule has 0 atom stereocenters. The molecule has 0 saturated carbocycles. The molecule has 1 heterocycles. The Balaban J connectivity index is 1.72. The second-order valence-electron chi connectivity index (χ2n) is 4.36. The van der Waals surface area contributed by atoms with Crippen LogP contribution in [-0.4, -0.2) is 10.1 Å². The lowest BCUT2D eigenvalue weighted by molar-refractivity contribution is 0.384. The van der Waals surface area contributed by atoms with Crippen LogP contribution in [0.15, 0.2) is 53.1 Å². The van der Waals surface area contributed by atoms with Gasteiger partial charge in [0.25, 0.3) is 0 Å². The Bertz CT molecular complexity index is 758. The first-order chi connectivity index (χ1) is 10.2. The van der Waals surface area contributed by atoms with Crippen molar-refractivity contribution in [3.05, 3.63) is 64.5 Å². The van der Waals surface area contributed by atoms with E-state index in [1.807, 2.05) is 42.5 Å². The Morgan fingerprint density at radius 3 is 2.71 bits per heavy atom. The lowest BCUT2D eigenvalue weighted by Gasteiger charge is -2.02. The van der Waals surface area contributed by atoms with Crippen LogP contribution in [0.25, 0.3) is 11.4 Å². The smallest absolute Gasteiger partial charge is 0.246 e. The number of nitrogens with one attached hydrogen (secondary N) is 1. The summed E-state index contributed by atoms with van der Waals surface area (Å²) >= 11 is 12.0. The third kappa shape index (κ3) is 3.35. The van der Waals surface area contributed by atoms with Crippen molar-refractivity contribution in [2.75, 3.05) is 5.32 Å². The largest absolute Gasteiger partial charge is 0.376 e. The molecule has 0 radical (unpaired) electrons. The van der Waals surface area contributed by atoms with Gasteiger partial charge in [0.2, 0.25) is 11.7 Å². The second kappa shape index (κ2) is 6.16. The summed E-state index contributed by atoms with van der Waals surface area (Å²) in [5, 5.41) is 8.37. The van der Waals surface area contributed by atoms with Gasteiger partial charge in [-0.05, 0) is 30.3 Å². The molecular formula is C15H11Cl2N3O. The van der Waals surface area contributed by atoms with E-state index in [0.29, 0.717) is 28.3 Å². The van der Waals surface area contributed by atoms with Crippen molar-refractivity contribution in [1.82, 2.24) is 10.1 Å². The second-order valence-corrected chi connectivity index (χ2v) is 5.20. The molecule has 1 N–H and O–H groups in total. The molecule has 1 aromatic heterocycles. The van der Waals surface area contributed by atoms with Gasteiger partial charge in [0, 0.05) is 16.3 Å².